The minimum atomic E-state index is 0.458. The molecule has 2 nitrogen and oxygen atoms in total. The van der Waals surface area contributed by atoms with Crippen LogP contribution in [0, 0.1) is 26.7 Å². The smallest absolute Gasteiger partial charge is 0.121 e. The summed E-state index contributed by atoms with van der Waals surface area (Å²) < 4.78 is 0. The Morgan fingerprint density at radius 3 is 2.00 bits per heavy atom. The number of phenolic OH excluding ortho intramolecular Hbond substituents is 1. The molecule has 1 rings (SSSR count). The summed E-state index contributed by atoms with van der Waals surface area (Å²) in [5.74, 6) is 1.14. The van der Waals surface area contributed by atoms with E-state index in [1.54, 1.807) is 0 Å². The zero-order valence-corrected chi connectivity index (χ0v) is 15.8. The van der Waals surface area contributed by atoms with Gasteiger partial charge in [-0.25, -0.2) is 0 Å². The van der Waals surface area contributed by atoms with Crippen molar-refractivity contribution in [2.45, 2.75) is 80.3 Å². The fraction of sp³-hybridized carbons (Fsp3) is 0.700. The van der Waals surface area contributed by atoms with E-state index in [2.05, 4.69) is 52.5 Å². The number of aromatic hydroxyl groups is 1. The lowest BCUT2D eigenvalue weighted by Crippen LogP contribution is -2.40. The molecule has 126 valence electrons. The lowest BCUT2D eigenvalue weighted by Gasteiger charge is -2.33. The topological polar surface area (TPSA) is 23.5 Å². The van der Waals surface area contributed by atoms with Crippen LogP contribution in [0.5, 0.6) is 5.75 Å². The molecule has 0 saturated carbocycles. The molecule has 0 heterocycles. The van der Waals surface area contributed by atoms with Crippen LogP contribution < -0.4 is 0 Å². The Morgan fingerprint density at radius 2 is 1.50 bits per heavy atom. The molecular formula is C20H35NO. The van der Waals surface area contributed by atoms with Crippen LogP contribution >= 0.6 is 0 Å². The summed E-state index contributed by atoms with van der Waals surface area (Å²) in [6.07, 6.45) is 2.29. The molecular weight excluding hydrogens is 270 g/mol. The molecule has 1 N–H and O–H groups in total. The normalized spacial score (nSPS) is 13.4. The van der Waals surface area contributed by atoms with Crippen molar-refractivity contribution in [1.82, 2.24) is 4.90 Å². The summed E-state index contributed by atoms with van der Waals surface area (Å²) in [5.41, 5.74) is 4.67. The number of hydrogen-bond donors (Lipinski definition) is 1. The first kappa shape index (κ1) is 19.0. The zero-order chi connectivity index (χ0) is 17.0. The lowest BCUT2D eigenvalue weighted by molar-refractivity contribution is 0.148. The highest BCUT2D eigenvalue weighted by Crippen LogP contribution is 2.28. The Balaban J connectivity index is 2.70. The molecule has 0 aliphatic rings. The van der Waals surface area contributed by atoms with Crippen molar-refractivity contribution in [2.75, 3.05) is 6.54 Å². The molecule has 0 spiro atoms. The van der Waals surface area contributed by atoms with E-state index in [-0.39, 0.29) is 0 Å². The Hall–Kier alpha value is -1.02. The lowest BCUT2D eigenvalue weighted by atomic mass is 9.92. The van der Waals surface area contributed by atoms with E-state index in [1.807, 2.05) is 13.8 Å². The number of hydrogen-bond acceptors (Lipinski definition) is 2. The highest BCUT2D eigenvalue weighted by molar-refractivity contribution is 5.48. The maximum absolute atomic E-state index is 10.0. The summed E-state index contributed by atoms with van der Waals surface area (Å²) in [5, 5.41) is 10.0. The Bertz CT molecular complexity index is 483. The maximum Gasteiger partial charge on any atom is 0.121 e. The monoisotopic (exact) mass is 305 g/mol. The summed E-state index contributed by atoms with van der Waals surface area (Å²) in [6.45, 7) is 18.8. The molecule has 2 heteroatoms. The maximum atomic E-state index is 10.0. The average Bonchev–Trinajstić information content (AvgIpc) is 2.44. The van der Waals surface area contributed by atoms with E-state index >= 15 is 0 Å². The quantitative estimate of drug-likeness (QED) is 0.766. The van der Waals surface area contributed by atoms with Gasteiger partial charge in [0, 0.05) is 18.6 Å². The Morgan fingerprint density at radius 1 is 0.955 bits per heavy atom. The van der Waals surface area contributed by atoms with Gasteiger partial charge in [0.25, 0.3) is 0 Å². The van der Waals surface area contributed by atoms with Crippen molar-refractivity contribution < 1.29 is 5.11 Å². The van der Waals surface area contributed by atoms with Gasteiger partial charge in [-0.15, -0.1) is 0 Å². The van der Waals surface area contributed by atoms with Crippen molar-refractivity contribution in [3.63, 3.8) is 0 Å². The van der Waals surface area contributed by atoms with E-state index in [0.717, 1.165) is 24.1 Å². The Kier molecular flexibility index (Phi) is 6.93. The van der Waals surface area contributed by atoms with Crippen molar-refractivity contribution in [1.29, 1.82) is 0 Å². The van der Waals surface area contributed by atoms with Gasteiger partial charge in [0.2, 0.25) is 0 Å². The third kappa shape index (κ3) is 4.74. The second-order valence-corrected chi connectivity index (χ2v) is 7.48. The van der Waals surface area contributed by atoms with E-state index in [9.17, 15) is 5.11 Å². The zero-order valence-electron chi connectivity index (χ0n) is 15.8. The third-order valence-corrected chi connectivity index (χ3v) is 4.92. The highest BCUT2D eigenvalue weighted by atomic mass is 16.3. The number of aryl methyl sites for hydroxylation is 2. The van der Waals surface area contributed by atoms with Crippen LogP contribution in [0.25, 0.3) is 0 Å². The van der Waals surface area contributed by atoms with Crippen LogP contribution in [-0.2, 0) is 6.42 Å². The van der Waals surface area contributed by atoms with E-state index in [4.69, 9.17) is 0 Å². The standard InChI is InChI=1S/C20H35NO/c1-13(2)21(14(3)4)12-15(5)9-10-19-11-16(6)20(22)18(8)17(19)7/h11,13-15,22H,9-10,12H2,1-8H3. The molecule has 0 amide bonds. The first-order valence-electron chi connectivity index (χ1n) is 8.69. The number of nitrogens with zero attached hydrogens (tertiary/aromatic N) is 1. The summed E-state index contributed by atoms with van der Waals surface area (Å²) >= 11 is 0. The molecule has 0 radical (unpaired) electrons. The minimum absolute atomic E-state index is 0.458. The number of benzene rings is 1. The third-order valence-electron chi connectivity index (χ3n) is 4.92. The van der Waals surface area contributed by atoms with Gasteiger partial charge in [0.15, 0.2) is 0 Å². The molecule has 0 aromatic heterocycles. The van der Waals surface area contributed by atoms with Gasteiger partial charge < -0.3 is 5.11 Å². The SMILES string of the molecule is Cc1cc(CCC(C)CN(C(C)C)C(C)C)c(C)c(C)c1O. The molecule has 1 atom stereocenters. The van der Waals surface area contributed by atoms with Gasteiger partial charge in [-0.2, -0.15) is 0 Å². The molecule has 1 aromatic rings. The minimum Gasteiger partial charge on any atom is -0.507 e. The Labute approximate surface area is 137 Å². The highest BCUT2D eigenvalue weighted by Gasteiger charge is 2.17. The van der Waals surface area contributed by atoms with Crippen molar-refractivity contribution >= 4 is 0 Å². The summed E-state index contributed by atoms with van der Waals surface area (Å²) in [4.78, 5) is 2.57. The average molecular weight is 306 g/mol. The van der Waals surface area contributed by atoms with Crippen molar-refractivity contribution in [3.05, 3.63) is 28.3 Å². The van der Waals surface area contributed by atoms with Gasteiger partial charge in [-0.05, 0) is 89.5 Å². The van der Waals surface area contributed by atoms with E-state index < -0.39 is 0 Å². The van der Waals surface area contributed by atoms with Crippen LogP contribution in [0.3, 0.4) is 0 Å². The van der Waals surface area contributed by atoms with Crippen LogP contribution in [0.15, 0.2) is 6.07 Å². The molecule has 0 bridgehead atoms. The first-order valence-corrected chi connectivity index (χ1v) is 8.69. The van der Waals surface area contributed by atoms with Gasteiger partial charge >= 0.3 is 0 Å². The predicted molar refractivity (Wildman–Crippen MR) is 96.8 cm³/mol. The van der Waals surface area contributed by atoms with E-state index in [0.29, 0.717) is 23.8 Å². The number of phenols is 1. The molecule has 1 aromatic carbocycles. The first-order chi connectivity index (χ1) is 10.1. The van der Waals surface area contributed by atoms with Crippen LogP contribution in [0.4, 0.5) is 0 Å². The van der Waals surface area contributed by atoms with Crippen molar-refractivity contribution in [3.8, 4) is 5.75 Å². The molecule has 0 fully saturated rings. The van der Waals surface area contributed by atoms with Gasteiger partial charge in [-0.1, -0.05) is 13.0 Å². The van der Waals surface area contributed by atoms with Crippen LogP contribution in [-0.4, -0.2) is 28.6 Å². The predicted octanol–water partition coefficient (Wildman–Crippen LogP) is 5.00. The van der Waals surface area contributed by atoms with Crippen LogP contribution in [0.1, 0.15) is 63.3 Å². The van der Waals surface area contributed by atoms with E-state index in [1.165, 1.54) is 17.5 Å². The molecule has 0 aliphatic heterocycles. The second kappa shape index (κ2) is 8.01. The fourth-order valence-electron chi connectivity index (χ4n) is 3.28. The summed E-state index contributed by atoms with van der Waals surface area (Å²) in [6, 6.07) is 3.36. The van der Waals surface area contributed by atoms with Gasteiger partial charge in [0.05, 0.1) is 0 Å². The van der Waals surface area contributed by atoms with Gasteiger partial charge in [-0.3, -0.25) is 4.90 Å². The van der Waals surface area contributed by atoms with Crippen molar-refractivity contribution in [2.24, 2.45) is 5.92 Å². The summed E-state index contributed by atoms with van der Waals surface area (Å²) in [7, 11) is 0. The van der Waals surface area contributed by atoms with Gasteiger partial charge in [0.1, 0.15) is 5.75 Å². The fourth-order valence-corrected chi connectivity index (χ4v) is 3.28. The molecule has 0 aliphatic carbocycles. The largest absolute Gasteiger partial charge is 0.507 e. The van der Waals surface area contributed by atoms with Crippen LogP contribution in [0.2, 0.25) is 0 Å². The second-order valence-electron chi connectivity index (χ2n) is 7.48. The molecule has 1 unspecified atom stereocenters. The molecule has 0 saturated heterocycles. The number of rotatable bonds is 7. The molecule has 22 heavy (non-hydrogen) atoms.